The minimum Gasteiger partial charge on any atom is -0.458 e. The Labute approximate surface area is 331 Å². The normalized spacial score (nSPS) is 47.6. The lowest BCUT2D eigenvalue weighted by Crippen LogP contribution is -2.78. The number of esters is 1. The van der Waals surface area contributed by atoms with Gasteiger partial charge in [-0.15, -0.1) is 11.8 Å². The number of ether oxygens (including phenoxy) is 4. The lowest BCUT2D eigenvalue weighted by molar-refractivity contribution is -0.442. The van der Waals surface area contributed by atoms with E-state index in [0.29, 0.717) is 43.1 Å². The molecule has 4 aliphatic carbocycles. The van der Waals surface area contributed by atoms with Gasteiger partial charge in [0.05, 0.1) is 29.7 Å². The Morgan fingerprint density at radius 3 is 2.24 bits per heavy atom. The van der Waals surface area contributed by atoms with E-state index < -0.39 is 41.9 Å². The molecule has 10 nitrogen and oxygen atoms in total. The number of nitrogens with one attached hydrogen (secondary N) is 1. The first-order chi connectivity index (χ1) is 25.0. The number of cyclic esters (lactones) is 1. The van der Waals surface area contributed by atoms with Gasteiger partial charge in [0.15, 0.2) is 25.0 Å². The topological polar surface area (TPSA) is 111 Å². The number of rotatable bonds is 8. The zero-order valence-electron chi connectivity index (χ0n) is 34.8. The molecule has 3 saturated heterocycles. The standard InChI is InChI=1S/C40H67NO9SSi3/c1-25-20-39(41-33(42)23-51-39)40(50-54(9,10)11)35(46-25)47-31-19-27-12-13-30-29(37(27,21-32(31)48-40)24-45-52(3,4)5)14-16-36(2)28(26-18-34(43)44-22-26)15-17-38(30,36)49-53(6,7)8/h18,25,27-32,35H,12-17,19-24H2,1-11H3,(H,41,42)/t25-,27+,28-,29+,30-,31-,32-,35+,36-,37-,38+,39+,40+/m1/s1. The number of hydrogen-bond donors (Lipinski definition) is 1. The van der Waals surface area contributed by atoms with Crippen LogP contribution in [0.4, 0.5) is 0 Å². The molecule has 0 aromatic rings. The highest BCUT2D eigenvalue weighted by molar-refractivity contribution is 8.01. The van der Waals surface area contributed by atoms with E-state index in [1.165, 1.54) is 0 Å². The van der Waals surface area contributed by atoms with E-state index in [2.05, 4.69) is 78.1 Å². The average molecular weight is 822 g/mol. The van der Waals surface area contributed by atoms with Crippen LogP contribution >= 0.6 is 11.8 Å². The Hall–Kier alpha value is -0.559. The Kier molecular flexibility index (Phi) is 9.85. The summed E-state index contributed by atoms with van der Waals surface area (Å²) in [5.74, 6) is 0.354. The van der Waals surface area contributed by atoms with Crippen molar-refractivity contribution in [3.63, 3.8) is 0 Å². The van der Waals surface area contributed by atoms with Crippen LogP contribution in [-0.4, -0.2) is 96.7 Å². The van der Waals surface area contributed by atoms with Crippen molar-refractivity contribution >= 4 is 48.6 Å². The summed E-state index contributed by atoms with van der Waals surface area (Å²) in [5, 5.41) is 3.37. The van der Waals surface area contributed by atoms with Crippen LogP contribution in [0.2, 0.25) is 58.9 Å². The van der Waals surface area contributed by atoms with Crippen LogP contribution in [0.5, 0.6) is 0 Å². The summed E-state index contributed by atoms with van der Waals surface area (Å²) in [6, 6.07) is 0. The van der Waals surface area contributed by atoms with Crippen LogP contribution in [0.15, 0.2) is 11.6 Å². The highest BCUT2D eigenvalue weighted by atomic mass is 32.2. The Bertz CT molecular complexity index is 1560. The van der Waals surface area contributed by atoms with Gasteiger partial charge in [-0.1, -0.05) is 6.92 Å². The van der Waals surface area contributed by atoms with Crippen LogP contribution in [-0.2, 0) is 41.8 Å². The van der Waals surface area contributed by atoms with Gasteiger partial charge in [0.2, 0.25) is 18.0 Å². The lowest BCUT2D eigenvalue weighted by atomic mass is 9.42. The largest absolute Gasteiger partial charge is 0.458 e. The summed E-state index contributed by atoms with van der Waals surface area (Å²) in [7, 11) is -6.21. The zero-order valence-corrected chi connectivity index (χ0v) is 38.6. The van der Waals surface area contributed by atoms with Crippen LogP contribution in [0.25, 0.3) is 0 Å². The second kappa shape index (κ2) is 13.2. The van der Waals surface area contributed by atoms with Gasteiger partial charge < -0.3 is 37.5 Å². The molecule has 0 radical (unpaired) electrons. The Balaban J connectivity index is 1.20. The highest BCUT2D eigenvalue weighted by Gasteiger charge is 2.74. The molecule has 0 aromatic carbocycles. The van der Waals surface area contributed by atoms with E-state index in [-0.39, 0.29) is 52.5 Å². The molecule has 14 heteroatoms. The van der Waals surface area contributed by atoms with Crippen LogP contribution in [0, 0.1) is 34.5 Å². The third-order valence-electron chi connectivity index (χ3n) is 14.6. The SMILES string of the molecule is C[C@@H]1C[C@@]2(NC(=O)CS2)[C@]2(O[Si](C)(C)C)O[C@@H]3C[C@@]4(CO[Si](C)(C)C)[C@@H](CC[C@@H]5[C@@H]4CC[C@]4(C)[C@@H](C6=CC(=O)OC6)CC[C@]54O[Si](C)(C)C)C[C@H]3O[C@@H]2O1. The molecule has 8 aliphatic rings. The molecule has 54 heavy (non-hydrogen) atoms. The number of amides is 1. The van der Waals surface area contributed by atoms with Crippen molar-refractivity contribution in [2.75, 3.05) is 19.0 Å². The third-order valence-corrected chi connectivity index (χ3v) is 18.9. The molecular formula is C40H67NO9SSi3. The first-order valence-corrected chi connectivity index (χ1v) is 32.1. The summed E-state index contributed by atoms with van der Waals surface area (Å²) >= 11 is 1.61. The van der Waals surface area contributed by atoms with Crippen LogP contribution < -0.4 is 5.32 Å². The summed E-state index contributed by atoms with van der Waals surface area (Å²) in [6.07, 6.45) is 9.24. The highest BCUT2D eigenvalue weighted by Crippen LogP contribution is 2.72. The quantitative estimate of drug-likeness (QED) is 0.150. The lowest BCUT2D eigenvalue weighted by Gasteiger charge is -2.68. The monoisotopic (exact) mass is 821 g/mol. The van der Waals surface area contributed by atoms with E-state index in [0.717, 1.165) is 56.9 Å². The maximum Gasteiger partial charge on any atom is 0.331 e. The molecule has 304 valence electrons. The number of hydrogen-bond acceptors (Lipinski definition) is 10. The molecule has 4 heterocycles. The maximum absolute atomic E-state index is 13.1. The summed E-state index contributed by atoms with van der Waals surface area (Å²) in [4.78, 5) is 24.7. The molecule has 8 rings (SSSR count). The predicted molar refractivity (Wildman–Crippen MR) is 216 cm³/mol. The van der Waals surface area contributed by atoms with E-state index in [1.807, 2.05) is 0 Å². The van der Waals surface area contributed by atoms with Gasteiger partial charge in [-0.05, 0) is 146 Å². The smallest absolute Gasteiger partial charge is 0.331 e. The minimum absolute atomic E-state index is 0.00748. The summed E-state index contributed by atoms with van der Waals surface area (Å²) in [5.41, 5.74) is 0.652. The van der Waals surface area contributed by atoms with Gasteiger partial charge in [0, 0.05) is 29.9 Å². The second-order valence-electron chi connectivity index (χ2n) is 21.4. The molecule has 7 fully saturated rings. The van der Waals surface area contributed by atoms with E-state index >= 15 is 0 Å². The number of carbonyl (C=O) groups excluding carboxylic acids is 2. The second-order valence-corrected chi connectivity index (χ2v) is 36.0. The fraction of sp³-hybridized carbons (Fsp3) is 0.900. The van der Waals surface area contributed by atoms with Gasteiger partial charge in [-0.3, -0.25) is 4.79 Å². The van der Waals surface area contributed by atoms with Gasteiger partial charge in [0.25, 0.3) is 0 Å². The van der Waals surface area contributed by atoms with Crippen molar-refractivity contribution in [1.29, 1.82) is 0 Å². The fourth-order valence-corrected chi connectivity index (χ4v) is 17.9. The molecule has 0 aromatic heterocycles. The van der Waals surface area contributed by atoms with Gasteiger partial charge in [0.1, 0.15) is 11.5 Å². The predicted octanol–water partition coefficient (Wildman–Crippen LogP) is 7.57. The molecule has 13 atom stereocenters. The molecule has 1 spiro atoms. The van der Waals surface area contributed by atoms with Gasteiger partial charge in [-0.2, -0.15) is 0 Å². The number of fused-ring (bicyclic) bond motifs is 8. The van der Waals surface area contributed by atoms with Crippen molar-refractivity contribution in [2.24, 2.45) is 34.5 Å². The first-order valence-electron chi connectivity index (χ1n) is 20.9. The van der Waals surface area contributed by atoms with E-state index in [9.17, 15) is 9.59 Å². The van der Waals surface area contributed by atoms with E-state index in [1.54, 1.807) is 17.8 Å². The van der Waals surface area contributed by atoms with Crippen LogP contribution in [0.3, 0.4) is 0 Å². The fourth-order valence-electron chi connectivity index (χ4n) is 12.9. The molecule has 4 aliphatic heterocycles. The van der Waals surface area contributed by atoms with Crippen LogP contribution in [0.1, 0.15) is 71.6 Å². The summed E-state index contributed by atoms with van der Waals surface area (Å²) in [6.45, 7) is 26.2. The van der Waals surface area contributed by atoms with E-state index in [4.69, 9.17) is 32.2 Å². The first kappa shape index (κ1) is 40.2. The molecule has 0 bridgehead atoms. The Morgan fingerprint density at radius 2 is 1.61 bits per heavy atom. The van der Waals surface area contributed by atoms with Crippen molar-refractivity contribution in [2.45, 2.75) is 171 Å². The molecule has 1 N–H and O–H groups in total. The molecular weight excluding hydrogens is 755 g/mol. The molecule has 0 unspecified atom stereocenters. The molecule has 4 saturated carbocycles. The minimum atomic E-state index is -2.27. The number of carbonyl (C=O) groups is 2. The Morgan fingerprint density at radius 1 is 0.870 bits per heavy atom. The van der Waals surface area contributed by atoms with Crippen molar-refractivity contribution in [3.05, 3.63) is 11.6 Å². The van der Waals surface area contributed by atoms with Crippen molar-refractivity contribution in [1.82, 2.24) is 5.32 Å². The van der Waals surface area contributed by atoms with Gasteiger partial charge >= 0.3 is 5.97 Å². The van der Waals surface area contributed by atoms with Crippen molar-refractivity contribution < 1.29 is 41.8 Å². The third kappa shape index (κ3) is 6.45. The number of thioether (sulfide) groups is 1. The average Bonchev–Trinajstić information content (AvgIpc) is 3.72. The zero-order chi connectivity index (χ0) is 38.9. The molecule has 1 amide bonds. The van der Waals surface area contributed by atoms with Crippen molar-refractivity contribution in [3.8, 4) is 0 Å². The maximum atomic E-state index is 13.1. The van der Waals surface area contributed by atoms with Gasteiger partial charge in [-0.25, -0.2) is 4.79 Å². The summed E-state index contributed by atoms with van der Waals surface area (Å²) < 4.78 is 48.9.